The first-order valence-corrected chi connectivity index (χ1v) is 14.5. The van der Waals surface area contributed by atoms with Crippen molar-refractivity contribution in [1.82, 2.24) is 0 Å². The minimum absolute atomic E-state index is 0.0859. The zero-order valence-corrected chi connectivity index (χ0v) is 25.7. The molecule has 0 N–H and O–H groups in total. The van der Waals surface area contributed by atoms with Crippen molar-refractivity contribution in [3.05, 3.63) is 35.4 Å². The fourth-order valence-electron chi connectivity index (χ4n) is 6.66. The van der Waals surface area contributed by atoms with Crippen molar-refractivity contribution in [2.75, 3.05) is 26.4 Å². The Balaban J connectivity index is 1.66. The standard InChI is InChI=1S/C34H48O5/c1-31(2,3)19-33(7,8)25-11-23-24-12-26(34(9,10)20-32(4,5)6)30(38-18-22-16-36-22)14-28(24)39-27(23)13-29(25)37-17-21-15-35-21/h11-14,21-22H,15-20H2,1-10H3. The number of benzene rings is 2. The quantitative estimate of drug-likeness (QED) is 0.243. The van der Waals surface area contributed by atoms with E-state index in [0.29, 0.717) is 13.2 Å². The van der Waals surface area contributed by atoms with Crippen molar-refractivity contribution in [1.29, 1.82) is 0 Å². The lowest BCUT2D eigenvalue weighted by Crippen LogP contribution is -2.26. The van der Waals surface area contributed by atoms with E-state index in [9.17, 15) is 0 Å². The topological polar surface area (TPSA) is 56.7 Å². The van der Waals surface area contributed by atoms with E-state index in [1.165, 1.54) is 11.1 Å². The maximum absolute atomic E-state index is 6.49. The van der Waals surface area contributed by atoms with E-state index in [0.717, 1.165) is 59.5 Å². The van der Waals surface area contributed by atoms with Gasteiger partial charge in [0.1, 0.15) is 48.1 Å². The Labute approximate surface area is 234 Å². The lowest BCUT2D eigenvalue weighted by Gasteiger charge is -2.34. The Morgan fingerprint density at radius 2 is 0.974 bits per heavy atom. The van der Waals surface area contributed by atoms with E-state index in [1.54, 1.807) is 0 Å². The van der Waals surface area contributed by atoms with Gasteiger partial charge in [-0.15, -0.1) is 0 Å². The van der Waals surface area contributed by atoms with Crippen molar-refractivity contribution in [2.45, 2.75) is 105 Å². The summed E-state index contributed by atoms with van der Waals surface area (Å²) < 4.78 is 30.1. The molecule has 0 saturated carbocycles. The number of epoxide rings is 2. The molecule has 0 bridgehead atoms. The number of ether oxygens (including phenoxy) is 4. The molecule has 5 rings (SSSR count). The number of hydrogen-bond acceptors (Lipinski definition) is 5. The predicted octanol–water partition coefficient (Wildman–Crippen LogP) is 8.57. The van der Waals surface area contributed by atoms with Crippen LogP contribution in [0.3, 0.4) is 0 Å². The maximum Gasteiger partial charge on any atom is 0.139 e. The molecule has 0 radical (unpaired) electrons. The molecule has 3 aromatic rings. The molecule has 0 spiro atoms. The van der Waals surface area contributed by atoms with Gasteiger partial charge in [-0.1, -0.05) is 69.2 Å². The molecule has 2 atom stereocenters. The van der Waals surface area contributed by atoms with Gasteiger partial charge in [0.15, 0.2) is 0 Å². The summed E-state index contributed by atoms with van der Waals surface area (Å²) in [6, 6.07) is 8.82. The molecule has 5 heteroatoms. The van der Waals surface area contributed by atoms with E-state index < -0.39 is 0 Å². The van der Waals surface area contributed by atoms with Crippen LogP contribution in [0.4, 0.5) is 0 Å². The van der Waals surface area contributed by atoms with Crippen molar-refractivity contribution in [2.24, 2.45) is 10.8 Å². The summed E-state index contributed by atoms with van der Waals surface area (Å²) in [6.07, 6.45) is 2.45. The summed E-state index contributed by atoms with van der Waals surface area (Å²) in [5, 5.41) is 2.25. The van der Waals surface area contributed by atoms with Gasteiger partial charge in [0, 0.05) is 34.0 Å². The lowest BCUT2D eigenvalue weighted by atomic mass is 9.71. The van der Waals surface area contributed by atoms with Crippen LogP contribution in [0.1, 0.15) is 93.2 Å². The first kappa shape index (κ1) is 28.3. The minimum atomic E-state index is -0.0859. The van der Waals surface area contributed by atoms with Crippen LogP contribution in [-0.2, 0) is 20.3 Å². The normalized spacial score (nSPS) is 20.1. The van der Waals surface area contributed by atoms with Gasteiger partial charge in [-0.2, -0.15) is 0 Å². The summed E-state index contributed by atoms with van der Waals surface area (Å²) >= 11 is 0. The molecule has 0 amide bonds. The molecule has 2 fully saturated rings. The Bertz CT molecular complexity index is 1240. The number of hydrogen-bond donors (Lipinski definition) is 0. The Hall–Kier alpha value is -2.24. The molecule has 2 aliphatic rings. The largest absolute Gasteiger partial charge is 0.490 e. The van der Waals surface area contributed by atoms with Gasteiger partial charge in [0.05, 0.1) is 13.2 Å². The summed E-state index contributed by atoms with van der Waals surface area (Å²) in [7, 11) is 0. The molecular weight excluding hydrogens is 488 g/mol. The predicted molar refractivity (Wildman–Crippen MR) is 158 cm³/mol. The number of fused-ring (bicyclic) bond motifs is 3. The second kappa shape index (κ2) is 9.69. The molecule has 3 heterocycles. The van der Waals surface area contributed by atoms with Crippen molar-refractivity contribution < 1.29 is 23.4 Å². The molecule has 5 nitrogen and oxygen atoms in total. The monoisotopic (exact) mass is 536 g/mol. The van der Waals surface area contributed by atoms with Crippen LogP contribution in [0.5, 0.6) is 11.5 Å². The van der Waals surface area contributed by atoms with Gasteiger partial charge in [0.25, 0.3) is 0 Å². The third kappa shape index (κ3) is 6.74. The zero-order chi connectivity index (χ0) is 28.4. The second-order valence-electron chi connectivity index (χ2n) is 15.6. The van der Waals surface area contributed by atoms with E-state index >= 15 is 0 Å². The van der Waals surface area contributed by atoms with Crippen LogP contribution in [-0.4, -0.2) is 38.6 Å². The highest BCUT2D eigenvalue weighted by Gasteiger charge is 2.34. The van der Waals surface area contributed by atoms with Crippen LogP contribution < -0.4 is 9.47 Å². The summed E-state index contributed by atoms with van der Waals surface area (Å²) in [5.74, 6) is 1.78. The highest BCUT2D eigenvalue weighted by molar-refractivity contribution is 6.06. The second-order valence-corrected chi connectivity index (χ2v) is 15.6. The van der Waals surface area contributed by atoms with Crippen molar-refractivity contribution in [3.8, 4) is 11.5 Å². The summed E-state index contributed by atoms with van der Waals surface area (Å²) in [6.45, 7) is 25.8. The lowest BCUT2D eigenvalue weighted by molar-refractivity contribution is 0.245. The Morgan fingerprint density at radius 1 is 0.615 bits per heavy atom. The van der Waals surface area contributed by atoms with Gasteiger partial charge >= 0.3 is 0 Å². The maximum atomic E-state index is 6.49. The van der Waals surface area contributed by atoms with Crippen LogP contribution >= 0.6 is 0 Å². The van der Waals surface area contributed by atoms with Crippen molar-refractivity contribution >= 4 is 21.9 Å². The fourth-order valence-corrected chi connectivity index (χ4v) is 6.66. The van der Waals surface area contributed by atoms with Crippen LogP contribution in [0.15, 0.2) is 28.7 Å². The van der Waals surface area contributed by atoms with Gasteiger partial charge < -0.3 is 23.4 Å². The average molecular weight is 537 g/mol. The third-order valence-electron chi connectivity index (χ3n) is 7.73. The third-order valence-corrected chi connectivity index (χ3v) is 7.73. The molecule has 2 unspecified atom stereocenters. The molecule has 214 valence electrons. The molecule has 1 aromatic heterocycles. The Morgan fingerprint density at radius 3 is 1.28 bits per heavy atom. The Kier molecular flexibility index (Phi) is 7.03. The number of rotatable bonds is 10. The zero-order valence-electron chi connectivity index (χ0n) is 25.7. The average Bonchev–Trinajstić information content (AvgIpc) is 3.69. The van der Waals surface area contributed by atoms with Crippen molar-refractivity contribution in [3.63, 3.8) is 0 Å². The number of furan rings is 1. The van der Waals surface area contributed by atoms with E-state index in [4.69, 9.17) is 23.4 Å². The first-order chi connectivity index (χ1) is 18.0. The smallest absolute Gasteiger partial charge is 0.139 e. The highest BCUT2D eigenvalue weighted by Crippen LogP contribution is 2.47. The van der Waals surface area contributed by atoms with E-state index in [1.807, 2.05) is 0 Å². The summed E-state index contributed by atoms with van der Waals surface area (Å²) in [4.78, 5) is 0. The fraction of sp³-hybridized carbons (Fsp3) is 0.647. The van der Waals surface area contributed by atoms with Crippen LogP contribution in [0.25, 0.3) is 21.9 Å². The molecule has 2 saturated heterocycles. The van der Waals surface area contributed by atoms with Crippen LogP contribution in [0.2, 0.25) is 0 Å². The van der Waals surface area contributed by atoms with Gasteiger partial charge in [-0.3, -0.25) is 0 Å². The molecule has 0 aliphatic carbocycles. The first-order valence-electron chi connectivity index (χ1n) is 14.5. The molecule has 2 aromatic carbocycles. The summed E-state index contributed by atoms with van der Waals surface area (Å²) in [5.41, 5.74) is 4.30. The molecular formula is C34H48O5. The molecule has 39 heavy (non-hydrogen) atoms. The van der Waals surface area contributed by atoms with Gasteiger partial charge in [0.2, 0.25) is 0 Å². The van der Waals surface area contributed by atoms with E-state index in [2.05, 4.69) is 93.5 Å². The highest BCUT2D eigenvalue weighted by atomic mass is 16.6. The van der Waals surface area contributed by atoms with E-state index in [-0.39, 0.29) is 33.9 Å². The minimum Gasteiger partial charge on any atom is -0.490 e. The van der Waals surface area contributed by atoms with Gasteiger partial charge in [-0.25, -0.2) is 0 Å². The SMILES string of the molecule is CC(C)(C)CC(C)(C)c1cc2c(cc1OCC1CO1)oc1cc(OCC3CO3)c(C(C)(C)CC(C)(C)C)cc12. The van der Waals surface area contributed by atoms with Gasteiger partial charge in [-0.05, 0) is 46.6 Å². The van der Waals surface area contributed by atoms with Crippen LogP contribution in [0, 0.1) is 10.8 Å². The molecule has 2 aliphatic heterocycles.